The van der Waals surface area contributed by atoms with Crippen molar-refractivity contribution >= 4 is 17.4 Å². The van der Waals surface area contributed by atoms with Crippen LogP contribution in [0, 0.1) is 6.92 Å². The quantitative estimate of drug-likeness (QED) is 0.889. The Balaban J connectivity index is 1.46. The highest BCUT2D eigenvalue weighted by atomic mass is 32.1. The predicted octanol–water partition coefficient (Wildman–Crippen LogP) is 2.45. The van der Waals surface area contributed by atoms with Crippen molar-refractivity contribution in [2.24, 2.45) is 0 Å². The third-order valence-corrected chi connectivity index (χ3v) is 6.44. The van der Waals surface area contributed by atoms with E-state index in [1.54, 1.807) is 11.3 Å². The maximum Gasteiger partial charge on any atom is 0.317 e. The zero-order valence-electron chi connectivity index (χ0n) is 15.5. The highest BCUT2D eigenvalue weighted by molar-refractivity contribution is 7.09. The van der Waals surface area contributed by atoms with Crippen molar-refractivity contribution in [1.82, 2.24) is 20.1 Å². The van der Waals surface area contributed by atoms with Crippen molar-refractivity contribution in [3.05, 3.63) is 16.1 Å². The van der Waals surface area contributed by atoms with Crippen LogP contribution in [0.1, 0.15) is 43.3 Å². The lowest BCUT2D eigenvalue weighted by atomic mass is 10.0. The van der Waals surface area contributed by atoms with Gasteiger partial charge in [-0.05, 0) is 26.7 Å². The monoisotopic (exact) mass is 366 g/mol. The summed E-state index contributed by atoms with van der Waals surface area (Å²) in [7, 11) is 0. The minimum Gasteiger partial charge on any atom is -0.381 e. The zero-order chi connectivity index (χ0) is 17.8. The first-order valence-electron chi connectivity index (χ1n) is 9.33. The van der Waals surface area contributed by atoms with Crippen molar-refractivity contribution in [1.29, 1.82) is 0 Å². The molecule has 1 aromatic heterocycles. The number of aromatic nitrogens is 1. The first-order chi connectivity index (χ1) is 12.0. The predicted molar refractivity (Wildman–Crippen MR) is 100 cm³/mol. The Morgan fingerprint density at radius 2 is 2.20 bits per heavy atom. The van der Waals surface area contributed by atoms with Gasteiger partial charge in [-0.1, -0.05) is 6.92 Å². The standard InChI is InChI=1S/C18H30N4O2S/c1-13(17-20-14(2)12-25-17)10-19-18(23)22-7-6-21(11-15(22)3)16-4-8-24-9-5-16/h12-13,15-16H,4-11H2,1-3H3,(H,19,23)/t13?,15-/m0/s1. The van der Waals surface area contributed by atoms with Gasteiger partial charge in [0.25, 0.3) is 0 Å². The number of hydrogen-bond acceptors (Lipinski definition) is 5. The van der Waals surface area contributed by atoms with Gasteiger partial charge in [0.1, 0.15) is 0 Å². The minimum atomic E-state index is 0.0549. The number of ether oxygens (including phenoxy) is 1. The molecule has 0 aromatic carbocycles. The second-order valence-corrected chi connectivity index (χ2v) is 8.18. The molecule has 3 heterocycles. The van der Waals surface area contributed by atoms with Crippen LogP contribution in [-0.2, 0) is 4.74 Å². The van der Waals surface area contributed by atoms with Gasteiger partial charge in [-0.15, -0.1) is 11.3 Å². The molecule has 1 aromatic rings. The Hall–Kier alpha value is -1.18. The van der Waals surface area contributed by atoms with Gasteiger partial charge < -0.3 is 15.0 Å². The number of piperazine rings is 1. The summed E-state index contributed by atoms with van der Waals surface area (Å²) in [6, 6.07) is 0.919. The van der Waals surface area contributed by atoms with E-state index in [-0.39, 0.29) is 18.0 Å². The summed E-state index contributed by atoms with van der Waals surface area (Å²) in [5.41, 5.74) is 1.05. The second-order valence-electron chi connectivity index (χ2n) is 7.30. The van der Waals surface area contributed by atoms with Crippen LogP contribution in [0.2, 0.25) is 0 Å². The topological polar surface area (TPSA) is 57.7 Å². The molecule has 0 spiro atoms. The molecule has 2 saturated heterocycles. The summed E-state index contributed by atoms with van der Waals surface area (Å²) in [5.74, 6) is 0.251. The summed E-state index contributed by atoms with van der Waals surface area (Å²) >= 11 is 1.67. The third kappa shape index (κ3) is 4.71. The lowest BCUT2D eigenvalue weighted by Crippen LogP contribution is -2.59. The van der Waals surface area contributed by atoms with E-state index in [1.165, 1.54) is 0 Å². The molecule has 1 unspecified atom stereocenters. The average Bonchev–Trinajstić information content (AvgIpc) is 3.06. The fourth-order valence-electron chi connectivity index (χ4n) is 3.70. The zero-order valence-corrected chi connectivity index (χ0v) is 16.3. The molecule has 0 bridgehead atoms. The van der Waals surface area contributed by atoms with Gasteiger partial charge in [0.15, 0.2) is 0 Å². The van der Waals surface area contributed by atoms with Crippen LogP contribution in [0.5, 0.6) is 0 Å². The number of hydrogen-bond donors (Lipinski definition) is 1. The Kier molecular flexibility index (Phi) is 6.30. The first-order valence-corrected chi connectivity index (χ1v) is 10.2. The van der Waals surface area contributed by atoms with Crippen molar-refractivity contribution in [2.45, 2.75) is 51.6 Å². The van der Waals surface area contributed by atoms with Crippen LogP contribution in [0.15, 0.2) is 5.38 Å². The molecule has 25 heavy (non-hydrogen) atoms. The molecule has 3 rings (SSSR count). The second kappa shape index (κ2) is 8.47. The smallest absolute Gasteiger partial charge is 0.317 e. The van der Waals surface area contributed by atoms with Crippen LogP contribution < -0.4 is 5.32 Å². The summed E-state index contributed by atoms with van der Waals surface area (Å²) in [4.78, 5) is 21.6. The van der Waals surface area contributed by atoms with Gasteiger partial charge in [0, 0.05) is 68.5 Å². The Bertz CT molecular complexity index is 573. The van der Waals surface area contributed by atoms with Crippen LogP contribution in [0.4, 0.5) is 4.79 Å². The maximum atomic E-state index is 12.6. The highest BCUT2D eigenvalue weighted by Gasteiger charge is 2.31. The van der Waals surface area contributed by atoms with Crippen molar-refractivity contribution in [2.75, 3.05) is 39.4 Å². The number of carbonyl (C=O) groups is 1. The van der Waals surface area contributed by atoms with E-state index in [9.17, 15) is 4.79 Å². The number of urea groups is 1. The van der Waals surface area contributed by atoms with Crippen molar-refractivity contribution < 1.29 is 9.53 Å². The molecule has 2 atom stereocenters. The van der Waals surface area contributed by atoms with Crippen LogP contribution in [-0.4, -0.2) is 72.3 Å². The molecule has 7 heteroatoms. The Morgan fingerprint density at radius 3 is 2.84 bits per heavy atom. The van der Waals surface area contributed by atoms with Crippen LogP contribution in [0.25, 0.3) is 0 Å². The molecule has 2 amide bonds. The van der Waals surface area contributed by atoms with Gasteiger partial charge >= 0.3 is 6.03 Å². The average molecular weight is 367 g/mol. The fourth-order valence-corrected chi connectivity index (χ4v) is 4.55. The largest absolute Gasteiger partial charge is 0.381 e. The number of thiazole rings is 1. The van der Waals surface area contributed by atoms with Gasteiger partial charge in [-0.3, -0.25) is 4.90 Å². The number of aryl methyl sites for hydroxylation is 1. The molecule has 140 valence electrons. The number of amides is 2. The molecule has 6 nitrogen and oxygen atoms in total. The molecule has 2 aliphatic rings. The third-order valence-electron chi connectivity index (χ3n) is 5.24. The summed E-state index contributed by atoms with van der Waals surface area (Å²) in [6.07, 6.45) is 2.23. The summed E-state index contributed by atoms with van der Waals surface area (Å²) in [6.45, 7) is 11.4. The SMILES string of the molecule is Cc1csc(C(C)CNC(=O)N2CCN(C3CCOCC3)C[C@@H]2C)n1. The van der Waals surface area contributed by atoms with Gasteiger partial charge in [0.05, 0.1) is 5.01 Å². The van der Waals surface area contributed by atoms with Crippen molar-refractivity contribution in [3.63, 3.8) is 0 Å². The fraction of sp³-hybridized carbons (Fsp3) is 0.778. The number of carbonyl (C=O) groups excluding carboxylic acids is 1. The van der Waals surface area contributed by atoms with E-state index in [1.807, 2.05) is 11.8 Å². The summed E-state index contributed by atoms with van der Waals surface area (Å²) in [5, 5.41) is 6.25. The normalized spacial score (nSPS) is 24.3. The first kappa shape index (κ1) is 18.6. The highest BCUT2D eigenvalue weighted by Crippen LogP contribution is 2.21. The minimum absolute atomic E-state index is 0.0549. The van der Waals surface area contributed by atoms with E-state index < -0.39 is 0 Å². The molecule has 1 N–H and O–H groups in total. The molecular formula is C18H30N4O2S. The number of nitrogens with one attached hydrogen (secondary N) is 1. The molecule has 2 aliphatic heterocycles. The van der Waals surface area contributed by atoms with Crippen LogP contribution >= 0.6 is 11.3 Å². The molecule has 0 radical (unpaired) electrons. The van der Waals surface area contributed by atoms with Gasteiger partial charge in [-0.2, -0.15) is 0 Å². The number of nitrogens with zero attached hydrogens (tertiary/aromatic N) is 3. The van der Waals surface area contributed by atoms with E-state index in [0.717, 1.165) is 56.4 Å². The molecular weight excluding hydrogens is 336 g/mol. The van der Waals surface area contributed by atoms with Crippen molar-refractivity contribution in [3.8, 4) is 0 Å². The van der Waals surface area contributed by atoms with Gasteiger partial charge in [-0.25, -0.2) is 9.78 Å². The Morgan fingerprint density at radius 1 is 1.44 bits per heavy atom. The van der Waals surface area contributed by atoms with E-state index >= 15 is 0 Å². The number of rotatable bonds is 4. The molecule has 0 saturated carbocycles. The Labute approximate surface area is 154 Å². The molecule has 2 fully saturated rings. The lowest BCUT2D eigenvalue weighted by Gasteiger charge is -2.44. The van der Waals surface area contributed by atoms with E-state index in [4.69, 9.17) is 4.74 Å². The van der Waals surface area contributed by atoms with Crippen LogP contribution in [0.3, 0.4) is 0 Å². The van der Waals surface area contributed by atoms with E-state index in [2.05, 4.69) is 34.4 Å². The van der Waals surface area contributed by atoms with Gasteiger partial charge in [0.2, 0.25) is 0 Å². The summed E-state index contributed by atoms with van der Waals surface area (Å²) < 4.78 is 5.46. The lowest BCUT2D eigenvalue weighted by molar-refractivity contribution is 0.00701. The maximum absolute atomic E-state index is 12.6. The van der Waals surface area contributed by atoms with E-state index in [0.29, 0.717) is 12.6 Å². The molecule has 0 aliphatic carbocycles.